The van der Waals surface area contributed by atoms with Gasteiger partial charge in [-0.25, -0.2) is 9.97 Å². The van der Waals surface area contributed by atoms with E-state index in [1.54, 1.807) is 29.2 Å². The maximum Gasteiger partial charge on any atom is 0.263 e. The largest absolute Gasteiger partial charge is 0.302 e. The van der Waals surface area contributed by atoms with Crippen molar-refractivity contribution in [1.82, 2.24) is 20.0 Å². The van der Waals surface area contributed by atoms with Crippen LogP contribution in [0.3, 0.4) is 0 Å². The summed E-state index contributed by atoms with van der Waals surface area (Å²) in [6.45, 7) is 2.53. The first-order valence-corrected chi connectivity index (χ1v) is 9.28. The second kappa shape index (κ2) is 6.56. The number of benzene rings is 1. The van der Waals surface area contributed by atoms with Crippen molar-refractivity contribution in [3.05, 3.63) is 88.6 Å². The molecule has 2 atom stereocenters. The van der Waals surface area contributed by atoms with Gasteiger partial charge in [-0.3, -0.25) is 9.36 Å². The molecule has 0 spiro atoms. The Morgan fingerprint density at radius 3 is 2.86 bits per heavy atom. The Bertz CT molecular complexity index is 1200. The molecule has 2 aromatic heterocycles. The Morgan fingerprint density at radius 2 is 2.00 bits per heavy atom. The van der Waals surface area contributed by atoms with Crippen LogP contribution in [0.25, 0.3) is 16.6 Å². The van der Waals surface area contributed by atoms with Crippen LogP contribution in [0.4, 0.5) is 0 Å². The quantitative estimate of drug-likeness (QED) is 0.771. The van der Waals surface area contributed by atoms with Crippen molar-refractivity contribution < 1.29 is 0 Å². The van der Waals surface area contributed by atoms with Crippen molar-refractivity contribution in [2.24, 2.45) is 11.0 Å². The van der Waals surface area contributed by atoms with Gasteiger partial charge in [-0.1, -0.05) is 42.5 Å². The van der Waals surface area contributed by atoms with Gasteiger partial charge in [0.05, 0.1) is 18.0 Å². The number of fused-ring (bicyclic) bond motifs is 2. The summed E-state index contributed by atoms with van der Waals surface area (Å²) in [6, 6.07) is 12.0. The maximum absolute atomic E-state index is 12.6. The van der Waals surface area contributed by atoms with E-state index in [1.165, 1.54) is 5.57 Å². The molecular formula is C22H19N5O. The fraction of sp³-hybridized carbons (Fsp3) is 0.182. The molecule has 2 aliphatic rings. The van der Waals surface area contributed by atoms with Crippen LogP contribution >= 0.6 is 0 Å². The molecule has 0 fully saturated rings. The predicted molar refractivity (Wildman–Crippen MR) is 110 cm³/mol. The van der Waals surface area contributed by atoms with Crippen molar-refractivity contribution >= 4 is 22.3 Å². The van der Waals surface area contributed by atoms with Crippen LogP contribution < -0.4 is 11.0 Å². The van der Waals surface area contributed by atoms with E-state index in [1.807, 2.05) is 0 Å². The highest BCUT2D eigenvalue weighted by Crippen LogP contribution is 2.28. The molecule has 1 aromatic carbocycles. The van der Waals surface area contributed by atoms with Crippen LogP contribution in [0.2, 0.25) is 0 Å². The van der Waals surface area contributed by atoms with Gasteiger partial charge in [0, 0.05) is 17.8 Å². The average molecular weight is 369 g/mol. The van der Waals surface area contributed by atoms with Crippen LogP contribution in [0.1, 0.15) is 18.1 Å². The van der Waals surface area contributed by atoms with E-state index in [0.717, 1.165) is 16.8 Å². The molecule has 3 aromatic rings. The Hall–Kier alpha value is -3.54. The van der Waals surface area contributed by atoms with E-state index in [-0.39, 0.29) is 11.6 Å². The first-order chi connectivity index (χ1) is 13.7. The van der Waals surface area contributed by atoms with Crippen LogP contribution in [-0.4, -0.2) is 26.3 Å². The predicted octanol–water partition coefficient (Wildman–Crippen LogP) is 2.76. The summed E-state index contributed by atoms with van der Waals surface area (Å²) >= 11 is 0. The van der Waals surface area contributed by atoms with Crippen LogP contribution in [0.15, 0.2) is 77.0 Å². The third kappa shape index (κ3) is 2.83. The first-order valence-electron chi connectivity index (χ1n) is 9.28. The second-order valence-electron chi connectivity index (χ2n) is 7.16. The first kappa shape index (κ1) is 16.6. The van der Waals surface area contributed by atoms with E-state index in [0.29, 0.717) is 23.5 Å². The molecule has 3 heterocycles. The number of nitrogens with one attached hydrogen (secondary N) is 1. The summed E-state index contributed by atoms with van der Waals surface area (Å²) in [6.07, 6.45) is 9.80. The van der Waals surface area contributed by atoms with Gasteiger partial charge in [-0.05, 0) is 35.8 Å². The van der Waals surface area contributed by atoms with E-state index in [4.69, 9.17) is 0 Å². The number of rotatable bonds is 3. The summed E-state index contributed by atoms with van der Waals surface area (Å²) in [5.74, 6) is 0.352. The fourth-order valence-corrected chi connectivity index (χ4v) is 3.75. The molecule has 0 saturated heterocycles. The molecule has 0 amide bonds. The maximum atomic E-state index is 12.6. The topological polar surface area (TPSA) is 72.2 Å². The van der Waals surface area contributed by atoms with Gasteiger partial charge >= 0.3 is 0 Å². The molecule has 6 nitrogen and oxygen atoms in total. The Kier molecular flexibility index (Phi) is 3.90. The van der Waals surface area contributed by atoms with Crippen molar-refractivity contribution in [3.63, 3.8) is 0 Å². The lowest BCUT2D eigenvalue weighted by molar-refractivity contribution is 0.622. The number of hydrogen-bond acceptors (Lipinski definition) is 5. The third-order valence-corrected chi connectivity index (χ3v) is 5.34. The Balaban J connectivity index is 1.38. The molecule has 1 N–H and O–H groups in total. The lowest BCUT2D eigenvalue weighted by atomic mass is 9.87. The minimum absolute atomic E-state index is 0.0752. The molecule has 2 unspecified atom stereocenters. The zero-order valence-electron chi connectivity index (χ0n) is 15.4. The zero-order valence-corrected chi connectivity index (χ0v) is 15.4. The molecule has 28 heavy (non-hydrogen) atoms. The molecular weight excluding hydrogens is 350 g/mol. The van der Waals surface area contributed by atoms with Crippen LogP contribution in [0, 0.1) is 5.92 Å². The monoisotopic (exact) mass is 369 g/mol. The van der Waals surface area contributed by atoms with Crippen LogP contribution in [-0.2, 0) is 6.54 Å². The lowest BCUT2D eigenvalue weighted by Gasteiger charge is -2.19. The molecule has 5 rings (SSSR count). The second-order valence-corrected chi connectivity index (χ2v) is 7.16. The summed E-state index contributed by atoms with van der Waals surface area (Å²) in [5, 5.41) is 4.86. The Morgan fingerprint density at radius 1 is 1.14 bits per heavy atom. The Labute approximate surface area is 162 Å². The van der Waals surface area contributed by atoms with Gasteiger partial charge in [-0.15, -0.1) is 0 Å². The smallest absolute Gasteiger partial charge is 0.263 e. The minimum atomic E-state index is -0.0752. The number of aromatic nitrogens is 3. The average Bonchev–Trinajstić information content (AvgIpc) is 3.11. The van der Waals surface area contributed by atoms with Crippen molar-refractivity contribution in [2.75, 3.05) is 0 Å². The molecule has 0 bridgehead atoms. The van der Waals surface area contributed by atoms with Crippen LogP contribution in [0.5, 0.6) is 0 Å². The van der Waals surface area contributed by atoms with Gasteiger partial charge < -0.3 is 5.43 Å². The normalized spacial score (nSPS) is 20.5. The number of hydrogen-bond donors (Lipinski definition) is 1. The highest BCUT2D eigenvalue weighted by molar-refractivity contribution is 5.91. The summed E-state index contributed by atoms with van der Waals surface area (Å²) in [7, 11) is 0. The number of allylic oxidation sites excluding steroid dienone is 2. The minimum Gasteiger partial charge on any atom is -0.302 e. The number of pyridine rings is 1. The molecule has 0 saturated carbocycles. The van der Waals surface area contributed by atoms with E-state index >= 15 is 0 Å². The van der Waals surface area contributed by atoms with Crippen molar-refractivity contribution in [2.45, 2.75) is 19.5 Å². The van der Waals surface area contributed by atoms with E-state index in [9.17, 15) is 4.79 Å². The van der Waals surface area contributed by atoms with Gasteiger partial charge in [0.1, 0.15) is 6.33 Å². The summed E-state index contributed by atoms with van der Waals surface area (Å²) in [5.41, 5.74) is 8.09. The fourth-order valence-electron chi connectivity index (χ4n) is 3.75. The van der Waals surface area contributed by atoms with Gasteiger partial charge in [0.2, 0.25) is 0 Å². The lowest BCUT2D eigenvalue weighted by Crippen LogP contribution is -2.27. The van der Waals surface area contributed by atoms with Gasteiger partial charge in [0.25, 0.3) is 5.56 Å². The molecule has 1 aliphatic heterocycles. The van der Waals surface area contributed by atoms with Crippen molar-refractivity contribution in [1.29, 1.82) is 0 Å². The number of nitrogens with zero attached hydrogens (tertiary/aromatic N) is 4. The standard InChI is InChI=1S/C22H19N5O/c1-14-18-9-8-17(11-20(18)26-25-14)16-6-4-15(5-7-16)12-27-13-24-21-19(22(27)28)3-2-10-23-21/h2-11,13,18,20,26H,12H2,1H3. The molecule has 138 valence electrons. The molecule has 1 aliphatic carbocycles. The zero-order chi connectivity index (χ0) is 19.1. The highest BCUT2D eigenvalue weighted by Gasteiger charge is 2.27. The highest BCUT2D eigenvalue weighted by atomic mass is 16.1. The van der Waals surface area contributed by atoms with E-state index in [2.05, 4.69) is 69.9 Å². The third-order valence-electron chi connectivity index (χ3n) is 5.34. The molecule has 6 heteroatoms. The molecule has 0 radical (unpaired) electrons. The summed E-state index contributed by atoms with van der Waals surface area (Å²) < 4.78 is 1.62. The summed E-state index contributed by atoms with van der Waals surface area (Å²) in [4.78, 5) is 21.0. The van der Waals surface area contributed by atoms with Gasteiger partial charge in [0.15, 0.2) is 5.65 Å². The van der Waals surface area contributed by atoms with Gasteiger partial charge in [-0.2, -0.15) is 5.10 Å². The SMILES string of the molecule is CC1=NNC2C=C(c3ccc(Cn4cnc5ncccc5c4=O)cc3)C=CC12. The van der Waals surface area contributed by atoms with E-state index < -0.39 is 0 Å². The van der Waals surface area contributed by atoms with Crippen molar-refractivity contribution in [3.8, 4) is 0 Å². The number of hydrazone groups is 1.